The number of carbonyl (C=O) groups excluding carboxylic acids is 1. The molecule has 1 aliphatic rings. The fraction of sp³-hybridized carbons (Fsp3) is 0.706. The first kappa shape index (κ1) is 20.1. The first-order valence-corrected chi connectivity index (χ1v) is 10.2. The zero-order valence-electron chi connectivity index (χ0n) is 15.1. The number of hydrogen-bond acceptors (Lipinski definition) is 6. The smallest absolute Gasteiger partial charge is 0.305 e. The number of aryl methyl sites for hydroxylation is 1. The van der Waals surface area contributed by atoms with Gasteiger partial charge in [0.2, 0.25) is 0 Å². The Labute approximate surface area is 159 Å². The van der Waals surface area contributed by atoms with Crippen molar-refractivity contribution in [1.29, 1.82) is 0 Å². The summed E-state index contributed by atoms with van der Waals surface area (Å²) in [6.45, 7) is 9.88. The maximum atomic E-state index is 11.3. The fourth-order valence-corrected chi connectivity index (χ4v) is 3.70. The molecule has 2 heterocycles. The van der Waals surface area contributed by atoms with Crippen molar-refractivity contribution in [1.82, 2.24) is 20.1 Å². The minimum Gasteiger partial charge on any atom is -0.466 e. The van der Waals surface area contributed by atoms with Gasteiger partial charge in [-0.05, 0) is 38.9 Å². The highest BCUT2D eigenvalue weighted by Crippen LogP contribution is 2.12. The van der Waals surface area contributed by atoms with E-state index in [4.69, 9.17) is 17.0 Å². The lowest BCUT2D eigenvalue weighted by atomic mass is 10.3. The van der Waals surface area contributed by atoms with Crippen LogP contribution in [0.2, 0.25) is 0 Å². The molecule has 1 fully saturated rings. The molecule has 8 heteroatoms. The second-order valence-corrected chi connectivity index (χ2v) is 7.56. The van der Waals surface area contributed by atoms with E-state index >= 15 is 0 Å². The van der Waals surface area contributed by atoms with E-state index in [1.165, 1.54) is 0 Å². The van der Waals surface area contributed by atoms with Crippen LogP contribution < -0.4 is 5.32 Å². The molecule has 0 bridgehead atoms. The zero-order chi connectivity index (χ0) is 18.1. The zero-order valence-corrected chi connectivity index (χ0v) is 16.8. The quantitative estimate of drug-likeness (QED) is 0.439. The number of ether oxygens (including phenoxy) is 1. The first-order chi connectivity index (χ1) is 12.1. The van der Waals surface area contributed by atoms with Crippen molar-refractivity contribution < 1.29 is 9.53 Å². The summed E-state index contributed by atoms with van der Waals surface area (Å²) in [6, 6.07) is 0. The summed E-state index contributed by atoms with van der Waals surface area (Å²) in [5.74, 6) is -0.141. The maximum Gasteiger partial charge on any atom is 0.305 e. The Bertz CT molecular complexity index is 565. The molecule has 1 aliphatic heterocycles. The molecule has 0 spiro atoms. The molecule has 0 aliphatic carbocycles. The van der Waals surface area contributed by atoms with Gasteiger partial charge in [-0.25, -0.2) is 4.98 Å². The van der Waals surface area contributed by atoms with E-state index in [1.54, 1.807) is 11.3 Å². The number of thiocarbonyl (C=S) groups is 1. The van der Waals surface area contributed by atoms with E-state index in [-0.39, 0.29) is 5.97 Å². The van der Waals surface area contributed by atoms with E-state index in [1.807, 2.05) is 13.8 Å². The van der Waals surface area contributed by atoms with Gasteiger partial charge in [0.25, 0.3) is 0 Å². The number of thiazole rings is 1. The Morgan fingerprint density at radius 2 is 2.24 bits per heavy atom. The highest BCUT2D eigenvalue weighted by atomic mass is 32.1. The van der Waals surface area contributed by atoms with Crippen LogP contribution in [0.15, 0.2) is 5.38 Å². The Balaban J connectivity index is 1.67. The molecule has 0 amide bonds. The minimum absolute atomic E-state index is 0.141. The molecule has 1 saturated heterocycles. The third-order valence-electron chi connectivity index (χ3n) is 4.07. The lowest BCUT2D eigenvalue weighted by molar-refractivity contribution is -0.143. The van der Waals surface area contributed by atoms with Gasteiger partial charge < -0.3 is 15.0 Å². The van der Waals surface area contributed by atoms with E-state index < -0.39 is 0 Å². The van der Waals surface area contributed by atoms with E-state index in [9.17, 15) is 4.79 Å². The highest BCUT2D eigenvalue weighted by molar-refractivity contribution is 7.80. The molecule has 0 saturated carbocycles. The van der Waals surface area contributed by atoms with Crippen molar-refractivity contribution in [2.24, 2.45) is 0 Å². The van der Waals surface area contributed by atoms with Crippen LogP contribution in [-0.2, 0) is 16.1 Å². The molecule has 0 unspecified atom stereocenters. The Morgan fingerprint density at radius 1 is 1.40 bits per heavy atom. The largest absolute Gasteiger partial charge is 0.466 e. The van der Waals surface area contributed by atoms with E-state index in [2.05, 4.69) is 25.5 Å². The van der Waals surface area contributed by atoms with Gasteiger partial charge in [-0.15, -0.1) is 11.3 Å². The second-order valence-electron chi connectivity index (χ2n) is 6.12. The molecule has 1 aromatic heterocycles. The molecular weight excluding hydrogens is 356 g/mol. The van der Waals surface area contributed by atoms with Gasteiger partial charge in [0.05, 0.1) is 17.3 Å². The normalized spacial score (nSPS) is 15.7. The number of rotatable bonds is 7. The van der Waals surface area contributed by atoms with Crippen LogP contribution in [0.25, 0.3) is 0 Å². The van der Waals surface area contributed by atoms with Crippen LogP contribution in [-0.4, -0.2) is 65.2 Å². The van der Waals surface area contributed by atoms with Crippen LogP contribution in [0.1, 0.15) is 36.9 Å². The van der Waals surface area contributed by atoms with Crippen LogP contribution in [0.3, 0.4) is 0 Å². The lowest BCUT2D eigenvalue weighted by Crippen LogP contribution is -2.42. The maximum absolute atomic E-state index is 11.3. The van der Waals surface area contributed by atoms with Gasteiger partial charge in [0, 0.05) is 51.1 Å². The molecule has 2 rings (SSSR count). The van der Waals surface area contributed by atoms with Gasteiger partial charge >= 0.3 is 5.97 Å². The van der Waals surface area contributed by atoms with Crippen molar-refractivity contribution in [2.45, 2.75) is 39.7 Å². The van der Waals surface area contributed by atoms with Gasteiger partial charge in [-0.2, -0.15) is 0 Å². The summed E-state index contributed by atoms with van der Waals surface area (Å²) >= 11 is 7.21. The summed E-state index contributed by atoms with van der Waals surface area (Å²) in [6.07, 6.45) is 2.26. The highest BCUT2D eigenvalue weighted by Gasteiger charge is 2.17. The molecular formula is C17H28N4O2S2. The van der Waals surface area contributed by atoms with Crippen molar-refractivity contribution in [3.63, 3.8) is 0 Å². The number of nitrogens with one attached hydrogen (secondary N) is 1. The van der Waals surface area contributed by atoms with Crippen molar-refractivity contribution in [3.8, 4) is 0 Å². The van der Waals surface area contributed by atoms with Crippen molar-refractivity contribution in [3.05, 3.63) is 16.1 Å². The van der Waals surface area contributed by atoms with Crippen LogP contribution >= 0.6 is 23.6 Å². The Kier molecular flexibility index (Phi) is 8.57. The number of hydrogen-bond donors (Lipinski definition) is 1. The Morgan fingerprint density at radius 3 is 2.96 bits per heavy atom. The van der Waals surface area contributed by atoms with Crippen LogP contribution in [0.5, 0.6) is 0 Å². The van der Waals surface area contributed by atoms with Crippen LogP contribution in [0, 0.1) is 6.92 Å². The Hall–Kier alpha value is -1.25. The molecule has 0 atom stereocenters. The summed E-state index contributed by atoms with van der Waals surface area (Å²) in [7, 11) is 0. The average molecular weight is 385 g/mol. The lowest BCUT2D eigenvalue weighted by Gasteiger charge is -2.24. The minimum atomic E-state index is -0.141. The third-order valence-corrected chi connectivity index (χ3v) is 5.29. The van der Waals surface area contributed by atoms with E-state index in [0.29, 0.717) is 19.6 Å². The summed E-state index contributed by atoms with van der Waals surface area (Å²) in [5.41, 5.74) is 1.16. The van der Waals surface area contributed by atoms with Crippen molar-refractivity contribution >= 4 is 34.6 Å². The molecule has 1 N–H and O–H groups in total. The van der Waals surface area contributed by atoms with E-state index in [0.717, 1.165) is 61.4 Å². The summed E-state index contributed by atoms with van der Waals surface area (Å²) < 4.78 is 4.92. The summed E-state index contributed by atoms with van der Waals surface area (Å²) in [5, 5.41) is 7.32. The first-order valence-electron chi connectivity index (χ1n) is 8.90. The predicted octanol–water partition coefficient (Wildman–Crippen LogP) is 2.18. The number of carbonyl (C=O) groups is 1. The molecule has 140 valence electrons. The van der Waals surface area contributed by atoms with Gasteiger partial charge in [0.1, 0.15) is 0 Å². The van der Waals surface area contributed by atoms with Gasteiger partial charge in [-0.3, -0.25) is 9.69 Å². The second kappa shape index (κ2) is 10.7. The monoisotopic (exact) mass is 384 g/mol. The molecule has 25 heavy (non-hydrogen) atoms. The average Bonchev–Trinajstić information content (AvgIpc) is 2.84. The number of nitrogens with zero attached hydrogens (tertiary/aromatic N) is 3. The third kappa shape index (κ3) is 7.25. The van der Waals surface area contributed by atoms with Gasteiger partial charge in [0.15, 0.2) is 5.11 Å². The fourth-order valence-electron chi connectivity index (χ4n) is 2.82. The SMILES string of the molecule is CCOC(=O)CCCNC(=S)N1CCCN(Cc2csc(C)n2)CC1. The predicted molar refractivity (Wildman–Crippen MR) is 105 cm³/mol. The van der Waals surface area contributed by atoms with Gasteiger partial charge in [-0.1, -0.05) is 0 Å². The topological polar surface area (TPSA) is 57.7 Å². The molecule has 6 nitrogen and oxygen atoms in total. The molecule has 1 aromatic rings. The molecule has 0 radical (unpaired) electrons. The van der Waals surface area contributed by atoms with Crippen LogP contribution in [0.4, 0.5) is 0 Å². The number of esters is 1. The molecule has 0 aromatic carbocycles. The van der Waals surface area contributed by atoms with Crippen molar-refractivity contribution in [2.75, 3.05) is 39.3 Å². The standard InChI is InChI=1S/C17H28N4O2S2/c1-3-23-16(22)6-4-7-18-17(24)21-9-5-8-20(10-11-21)12-15-13-25-14(2)19-15/h13H,3-12H2,1-2H3,(H,18,24). The summed E-state index contributed by atoms with van der Waals surface area (Å²) in [4.78, 5) is 20.5. The number of aromatic nitrogens is 1.